The Labute approximate surface area is 97.6 Å². The second-order valence-electron chi connectivity index (χ2n) is 4.13. The van der Waals surface area contributed by atoms with E-state index in [1.54, 1.807) is 13.4 Å². The summed E-state index contributed by atoms with van der Waals surface area (Å²) in [6.45, 7) is 5.68. The number of hydrogen-bond acceptors (Lipinski definition) is 4. The van der Waals surface area contributed by atoms with Gasteiger partial charge in [0.05, 0.1) is 19.4 Å². The van der Waals surface area contributed by atoms with Crippen LogP contribution < -0.4 is 5.32 Å². The number of nitrogens with zero attached hydrogens (tertiary/aromatic N) is 1. The molecule has 1 rings (SSSR count). The molecule has 0 aromatic carbocycles. The lowest BCUT2D eigenvalue weighted by molar-refractivity contribution is 0.169. The van der Waals surface area contributed by atoms with Crippen LogP contribution in [-0.2, 0) is 11.3 Å². The molecule has 1 N–H and O–H groups in total. The van der Waals surface area contributed by atoms with Gasteiger partial charge in [-0.25, -0.2) is 0 Å². The molecule has 0 saturated carbocycles. The zero-order chi connectivity index (χ0) is 11.8. The molecule has 0 saturated heterocycles. The summed E-state index contributed by atoms with van der Waals surface area (Å²) in [5.74, 6) is 1.01. The highest BCUT2D eigenvalue weighted by atomic mass is 16.5. The average molecular weight is 226 g/mol. The smallest absolute Gasteiger partial charge is 0.117 e. The Hall–Kier alpha value is -0.840. The van der Waals surface area contributed by atoms with Crippen LogP contribution in [0.2, 0.25) is 0 Å². The van der Waals surface area contributed by atoms with Gasteiger partial charge in [0.15, 0.2) is 0 Å². The first-order valence-electron chi connectivity index (χ1n) is 5.65. The summed E-state index contributed by atoms with van der Waals surface area (Å²) in [5.41, 5.74) is 0. The SMILES string of the molecule is COCC(C)NCCN(C)Cc1ccco1. The lowest BCUT2D eigenvalue weighted by Crippen LogP contribution is -2.36. The van der Waals surface area contributed by atoms with E-state index in [1.165, 1.54) is 0 Å². The van der Waals surface area contributed by atoms with E-state index in [4.69, 9.17) is 9.15 Å². The van der Waals surface area contributed by atoms with Gasteiger partial charge < -0.3 is 14.5 Å². The van der Waals surface area contributed by atoms with Gasteiger partial charge in [0.1, 0.15) is 5.76 Å². The van der Waals surface area contributed by atoms with Gasteiger partial charge in [0.25, 0.3) is 0 Å². The minimum Gasteiger partial charge on any atom is -0.468 e. The molecule has 1 unspecified atom stereocenters. The van der Waals surface area contributed by atoms with E-state index >= 15 is 0 Å². The summed E-state index contributed by atoms with van der Waals surface area (Å²) >= 11 is 0. The van der Waals surface area contributed by atoms with Crippen molar-refractivity contribution in [3.63, 3.8) is 0 Å². The third-order valence-electron chi connectivity index (χ3n) is 2.41. The first-order valence-corrected chi connectivity index (χ1v) is 5.65. The van der Waals surface area contributed by atoms with Crippen LogP contribution in [0.4, 0.5) is 0 Å². The fourth-order valence-corrected chi connectivity index (χ4v) is 1.56. The number of methoxy groups -OCH3 is 1. The van der Waals surface area contributed by atoms with Crippen molar-refractivity contribution in [2.24, 2.45) is 0 Å². The van der Waals surface area contributed by atoms with Crippen LogP contribution >= 0.6 is 0 Å². The summed E-state index contributed by atoms with van der Waals surface area (Å²) in [7, 11) is 3.81. The topological polar surface area (TPSA) is 37.6 Å². The van der Waals surface area contributed by atoms with Gasteiger partial charge in [-0.1, -0.05) is 0 Å². The molecule has 0 bridgehead atoms. The minimum atomic E-state index is 0.405. The molecule has 4 heteroatoms. The van der Waals surface area contributed by atoms with E-state index < -0.39 is 0 Å². The second kappa shape index (κ2) is 7.44. The highest BCUT2D eigenvalue weighted by molar-refractivity contribution is 4.97. The summed E-state index contributed by atoms with van der Waals surface area (Å²) in [6, 6.07) is 4.32. The van der Waals surface area contributed by atoms with E-state index in [0.717, 1.165) is 32.0 Å². The van der Waals surface area contributed by atoms with E-state index in [-0.39, 0.29) is 0 Å². The highest BCUT2D eigenvalue weighted by Crippen LogP contribution is 2.02. The Balaban J connectivity index is 2.08. The number of nitrogens with one attached hydrogen (secondary N) is 1. The Bertz CT molecular complexity index is 262. The van der Waals surface area contributed by atoms with Gasteiger partial charge in [-0.05, 0) is 26.1 Å². The Morgan fingerprint density at radius 3 is 3.00 bits per heavy atom. The van der Waals surface area contributed by atoms with Gasteiger partial charge in [-0.2, -0.15) is 0 Å². The molecule has 0 amide bonds. The van der Waals surface area contributed by atoms with Crippen molar-refractivity contribution >= 4 is 0 Å². The normalized spacial score (nSPS) is 13.2. The maximum atomic E-state index is 5.29. The molecule has 1 atom stereocenters. The zero-order valence-electron chi connectivity index (χ0n) is 10.4. The molecule has 1 aromatic heterocycles. The van der Waals surface area contributed by atoms with Crippen molar-refractivity contribution in [2.45, 2.75) is 19.5 Å². The van der Waals surface area contributed by atoms with E-state index in [9.17, 15) is 0 Å². The predicted octanol–water partition coefficient (Wildman–Crippen LogP) is 1.34. The van der Waals surface area contributed by atoms with Crippen LogP contribution in [0.3, 0.4) is 0 Å². The van der Waals surface area contributed by atoms with Gasteiger partial charge >= 0.3 is 0 Å². The monoisotopic (exact) mass is 226 g/mol. The number of likely N-dealkylation sites (N-methyl/N-ethyl adjacent to an activating group) is 1. The molecule has 1 aromatic rings. The molecule has 4 nitrogen and oxygen atoms in total. The van der Waals surface area contributed by atoms with Crippen molar-refractivity contribution < 1.29 is 9.15 Å². The van der Waals surface area contributed by atoms with E-state index in [2.05, 4.69) is 24.2 Å². The lowest BCUT2D eigenvalue weighted by atomic mass is 10.3. The quantitative estimate of drug-likeness (QED) is 0.726. The summed E-state index contributed by atoms with van der Waals surface area (Å²) in [5, 5.41) is 3.40. The van der Waals surface area contributed by atoms with E-state index in [1.807, 2.05) is 12.1 Å². The Kier molecular flexibility index (Phi) is 6.15. The second-order valence-corrected chi connectivity index (χ2v) is 4.13. The summed E-state index contributed by atoms with van der Waals surface area (Å²) in [4.78, 5) is 2.23. The fourth-order valence-electron chi connectivity index (χ4n) is 1.56. The third-order valence-corrected chi connectivity index (χ3v) is 2.41. The Morgan fingerprint density at radius 1 is 1.56 bits per heavy atom. The molecular formula is C12H22N2O2. The molecule has 0 aliphatic heterocycles. The summed E-state index contributed by atoms with van der Waals surface area (Å²) in [6.07, 6.45) is 1.71. The highest BCUT2D eigenvalue weighted by Gasteiger charge is 2.03. The molecule has 0 spiro atoms. The molecule has 92 valence electrons. The fraction of sp³-hybridized carbons (Fsp3) is 0.667. The van der Waals surface area contributed by atoms with Crippen molar-refractivity contribution in [1.29, 1.82) is 0 Å². The maximum absolute atomic E-state index is 5.29. The van der Waals surface area contributed by atoms with Crippen LogP contribution in [0.1, 0.15) is 12.7 Å². The van der Waals surface area contributed by atoms with Crippen LogP contribution in [0.15, 0.2) is 22.8 Å². The number of hydrogen-bond donors (Lipinski definition) is 1. The third kappa shape index (κ3) is 5.30. The molecule has 0 radical (unpaired) electrons. The van der Waals surface area contributed by atoms with Crippen LogP contribution in [-0.4, -0.2) is 44.8 Å². The molecule has 0 fully saturated rings. The minimum absolute atomic E-state index is 0.405. The molecule has 16 heavy (non-hydrogen) atoms. The van der Waals surface area contributed by atoms with Gasteiger partial charge in [0.2, 0.25) is 0 Å². The van der Waals surface area contributed by atoms with Crippen LogP contribution in [0.5, 0.6) is 0 Å². The zero-order valence-corrected chi connectivity index (χ0v) is 10.4. The van der Waals surface area contributed by atoms with Gasteiger partial charge in [-0.15, -0.1) is 0 Å². The predicted molar refractivity (Wildman–Crippen MR) is 64.4 cm³/mol. The van der Waals surface area contributed by atoms with Crippen molar-refractivity contribution in [3.05, 3.63) is 24.2 Å². The lowest BCUT2D eigenvalue weighted by Gasteiger charge is -2.18. The molecule has 0 aliphatic carbocycles. The Morgan fingerprint density at radius 2 is 2.38 bits per heavy atom. The van der Waals surface area contributed by atoms with Crippen molar-refractivity contribution in [3.8, 4) is 0 Å². The van der Waals surface area contributed by atoms with Crippen LogP contribution in [0, 0.1) is 0 Å². The molecular weight excluding hydrogens is 204 g/mol. The van der Waals surface area contributed by atoms with Crippen molar-refractivity contribution in [2.75, 3.05) is 33.9 Å². The standard InChI is InChI=1S/C12H22N2O2/c1-11(10-15-3)13-6-7-14(2)9-12-5-4-8-16-12/h4-5,8,11,13H,6-7,9-10H2,1-3H3. The van der Waals surface area contributed by atoms with E-state index in [0.29, 0.717) is 6.04 Å². The average Bonchev–Trinajstić information content (AvgIpc) is 2.70. The van der Waals surface area contributed by atoms with Crippen molar-refractivity contribution in [1.82, 2.24) is 10.2 Å². The number of ether oxygens (including phenoxy) is 1. The largest absolute Gasteiger partial charge is 0.468 e. The molecule has 1 heterocycles. The molecule has 0 aliphatic rings. The number of furan rings is 1. The van der Waals surface area contributed by atoms with Crippen LogP contribution in [0.25, 0.3) is 0 Å². The first kappa shape index (κ1) is 13.2. The maximum Gasteiger partial charge on any atom is 0.117 e. The van der Waals surface area contributed by atoms with Gasteiger partial charge in [0, 0.05) is 26.2 Å². The number of rotatable bonds is 8. The van der Waals surface area contributed by atoms with Gasteiger partial charge in [-0.3, -0.25) is 4.90 Å². The summed E-state index contributed by atoms with van der Waals surface area (Å²) < 4.78 is 10.3. The first-order chi connectivity index (χ1) is 7.72.